The van der Waals surface area contributed by atoms with E-state index in [-0.39, 0.29) is 23.9 Å². The van der Waals surface area contributed by atoms with Gasteiger partial charge in [0.1, 0.15) is 5.92 Å². The van der Waals surface area contributed by atoms with Crippen LogP contribution in [0.3, 0.4) is 0 Å². The number of anilines is 1. The van der Waals surface area contributed by atoms with E-state index >= 15 is 0 Å². The molecule has 0 bridgehead atoms. The van der Waals surface area contributed by atoms with Gasteiger partial charge in [0.25, 0.3) is 5.91 Å². The van der Waals surface area contributed by atoms with Gasteiger partial charge in [0.05, 0.1) is 11.7 Å². The van der Waals surface area contributed by atoms with Crippen LogP contribution in [-0.2, 0) is 14.4 Å². The lowest BCUT2D eigenvalue weighted by Crippen LogP contribution is -2.41. The summed E-state index contributed by atoms with van der Waals surface area (Å²) >= 11 is 5.99. The normalized spacial score (nSPS) is 25.3. The van der Waals surface area contributed by atoms with Gasteiger partial charge in [0.15, 0.2) is 6.10 Å². The summed E-state index contributed by atoms with van der Waals surface area (Å²) in [7, 11) is 0. The number of likely N-dealkylation sites (tertiary alicyclic amines) is 1. The zero-order chi connectivity index (χ0) is 18.4. The lowest BCUT2D eigenvalue weighted by molar-refractivity contribution is -0.145. The molecule has 134 valence electrons. The van der Waals surface area contributed by atoms with Crippen molar-refractivity contribution in [2.45, 2.75) is 32.0 Å². The van der Waals surface area contributed by atoms with E-state index in [0.29, 0.717) is 5.02 Å². The van der Waals surface area contributed by atoms with Gasteiger partial charge in [0.2, 0.25) is 5.91 Å². The Kier molecular flexibility index (Phi) is 4.21. The molecular weight excluding hydrogens is 352 g/mol. The lowest BCUT2D eigenvalue weighted by atomic mass is 9.90. The van der Waals surface area contributed by atoms with Gasteiger partial charge >= 0.3 is 0 Å². The smallest absolute Gasteiger partial charge is 0.262 e. The van der Waals surface area contributed by atoms with Gasteiger partial charge in [0, 0.05) is 11.1 Å². The van der Waals surface area contributed by atoms with Crippen molar-refractivity contribution in [3.05, 3.63) is 65.2 Å². The number of halogens is 1. The number of benzene rings is 2. The Balaban J connectivity index is 1.79. The average Bonchev–Trinajstić information content (AvgIpc) is 3.13. The minimum atomic E-state index is -0.800. The summed E-state index contributed by atoms with van der Waals surface area (Å²) in [5, 5.41) is 2.29. The predicted molar refractivity (Wildman–Crippen MR) is 98.5 cm³/mol. The van der Waals surface area contributed by atoms with E-state index in [1.807, 2.05) is 56.3 Å². The van der Waals surface area contributed by atoms with Crippen molar-refractivity contribution in [3.63, 3.8) is 0 Å². The molecule has 0 saturated carbocycles. The zero-order valence-corrected chi connectivity index (χ0v) is 15.3. The third-order valence-corrected chi connectivity index (χ3v) is 5.14. The molecule has 26 heavy (non-hydrogen) atoms. The summed E-state index contributed by atoms with van der Waals surface area (Å²) in [4.78, 5) is 33.2. The van der Waals surface area contributed by atoms with Gasteiger partial charge in [-0.05, 0) is 43.7 Å². The van der Waals surface area contributed by atoms with Crippen LogP contribution in [-0.4, -0.2) is 28.9 Å². The number of imide groups is 1. The molecule has 0 unspecified atom stereocenters. The molecule has 0 aromatic heterocycles. The van der Waals surface area contributed by atoms with Crippen LogP contribution < -0.4 is 5.06 Å². The van der Waals surface area contributed by atoms with Gasteiger partial charge in [-0.1, -0.05) is 41.9 Å². The maximum Gasteiger partial charge on any atom is 0.262 e. The molecule has 2 aromatic rings. The molecule has 0 N–H and O–H groups in total. The molecule has 2 heterocycles. The molecule has 4 rings (SSSR count). The molecule has 2 aliphatic heterocycles. The first-order chi connectivity index (χ1) is 12.5. The second kappa shape index (κ2) is 6.41. The van der Waals surface area contributed by atoms with Gasteiger partial charge in [-0.25, -0.2) is 5.06 Å². The van der Waals surface area contributed by atoms with Crippen LogP contribution in [0.1, 0.15) is 25.5 Å². The van der Waals surface area contributed by atoms with Crippen molar-refractivity contribution in [1.82, 2.24) is 4.90 Å². The molecule has 3 atom stereocenters. The van der Waals surface area contributed by atoms with Crippen molar-refractivity contribution in [2.75, 3.05) is 5.06 Å². The molecule has 0 spiro atoms. The number of nitrogens with zero attached hydrogens (tertiary/aromatic N) is 2. The Morgan fingerprint density at radius 2 is 1.62 bits per heavy atom. The molecule has 2 fully saturated rings. The van der Waals surface area contributed by atoms with Crippen LogP contribution >= 0.6 is 11.6 Å². The van der Waals surface area contributed by atoms with E-state index in [1.165, 1.54) is 4.90 Å². The molecule has 6 heteroatoms. The Bertz CT molecular complexity index is 838. The maximum absolute atomic E-state index is 13.0. The number of carbonyl (C=O) groups excluding carboxylic acids is 2. The predicted octanol–water partition coefficient (Wildman–Crippen LogP) is 3.59. The Morgan fingerprint density at radius 1 is 0.962 bits per heavy atom. The number of hydrogen-bond donors (Lipinski definition) is 0. The molecule has 5 nitrogen and oxygen atoms in total. The maximum atomic E-state index is 13.0. The number of fused-ring (bicyclic) bond motifs is 1. The first-order valence-electron chi connectivity index (χ1n) is 8.62. The van der Waals surface area contributed by atoms with Crippen LogP contribution in [0.15, 0.2) is 54.6 Å². The fourth-order valence-corrected chi connectivity index (χ4v) is 3.87. The Morgan fingerprint density at radius 3 is 2.23 bits per heavy atom. The minimum Gasteiger partial charge on any atom is -0.277 e. The first kappa shape index (κ1) is 17.1. The number of hydrogen-bond acceptors (Lipinski definition) is 4. The standard InChI is InChI=1S/C20H19ClN2O3/c1-12(2)22-19(24)16-17(13-6-4-3-5-7-13)23(26-18(16)20(22)25)15-10-8-14(21)9-11-15/h3-12,16-18H,1-2H3/t16-,17+,18-/m1/s1. The molecule has 2 aliphatic rings. The highest BCUT2D eigenvalue weighted by Crippen LogP contribution is 2.47. The highest BCUT2D eigenvalue weighted by atomic mass is 35.5. The SMILES string of the molecule is CC(C)N1C(=O)[C@H]2[C@@H](ON(c3ccc(Cl)cc3)[C@H]2c2ccccc2)C1=O. The summed E-state index contributed by atoms with van der Waals surface area (Å²) in [6.07, 6.45) is -0.800. The topological polar surface area (TPSA) is 49.9 Å². The number of amides is 2. The molecule has 2 saturated heterocycles. The summed E-state index contributed by atoms with van der Waals surface area (Å²) < 4.78 is 0. The fraction of sp³-hybridized carbons (Fsp3) is 0.300. The van der Waals surface area contributed by atoms with Crippen LogP contribution in [0, 0.1) is 5.92 Å². The van der Waals surface area contributed by atoms with Crippen LogP contribution in [0.5, 0.6) is 0 Å². The van der Waals surface area contributed by atoms with E-state index in [2.05, 4.69) is 0 Å². The quantitative estimate of drug-likeness (QED) is 0.775. The van der Waals surface area contributed by atoms with Crippen molar-refractivity contribution < 1.29 is 14.4 Å². The molecular formula is C20H19ClN2O3. The van der Waals surface area contributed by atoms with E-state index in [1.54, 1.807) is 17.2 Å². The second-order valence-corrected chi connectivity index (χ2v) is 7.29. The van der Waals surface area contributed by atoms with Crippen molar-refractivity contribution >= 4 is 29.1 Å². The second-order valence-electron chi connectivity index (χ2n) is 6.85. The average molecular weight is 371 g/mol. The molecule has 2 aromatic carbocycles. The van der Waals surface area contributed by atoms with E-state index in [9.17, 15) is 9.59 Å². The van der Waals surface area contributed by atoms with E-state index in [4.69, 9.17) is 16.4 Å². The summed E-state index contributed by atoms with van der Waals surface area (Å²) in [5.74, 6) is -1.02. The van der Waals surface area contributed by atoms with Gasteiger partial charge in [-0.3, -0.25) is 19.3 Å². The largest absolute Gasteiger partial charge is 0.277 e. The fourth-order valence-electron chi connectivity index (χ4n) is 3.75. The Hall–Kier alpha value is -2.37. The Labute approximate surface area is 157 Å². The van der Waals surface area contributed by atoms with Gasteiger partial charge in [-0.15, -0.1) is 0 Å². The molecule has 2 amide bonds. The highest BCUT2D eigenvalue weighted by Gasteiger charge is 2.60. The number of carbonyl (C=O) groups is 2. The zero-order valence-electron chi connectivity index (χ0n) is 14.5. The van der Waals surface area contributed by atoms with Crippen molar-refractivity contribution in [2.24, 2.45) is 5.92 Å². The van der Waals surface area contributed by atoms with Gasteiger partial charge < -0.3 is 0 Å². The summed E-state index contributed by atoms with van der Waals surface area (Å²) in [6.45, 7) is 3.68. The van der Waals surface area contributed by atoms with Crippen molar-refractivity contribution in [3.8, 4) is 0 Å². The summed E-state index contributed by atoms with van der Waals surface area (Å²) in [6, 6.07) is 16.3. The van der Waals surface area contributed by atoms with Crippen molar-refractivity contribution in [1.29, 1.82) is 0 Å². The third-order valence-electron chi connectivity index (χ3n) is 4.89. The van der Waals surface area contributed by atoms with E-state index in [0.717, 1.165) is 11.3 Å². The molecule has 0 radical (unpaired) electrons. The first-order valence-corrected chi connectivity index (χ1v) is 9.00. The highest BCUT2D eigenvalue weighted by molar-refractivity contribution is 6.30. The van der Waals surface area contributed by atoms with E-state index < -0.39 is 12.0 Å². The lowest BCUT2D eigenvalue weighted by Gasteiger charge is -2.29. The number of rotatable bonds is 3. The molecule has 0 aliphatic carbocycles. The minimum absolute atomic E-state index is 0.180. The number of hydroxylamine groups is 1. The monoisotopic (exact) mass is 370 g/mol. The third kappa shape index (κ3) is 2.59. The van der Waals surface area contributed by atoms with Gasteiger partial charge in [-0.2, -0.15) is 0 Å². The van der Waals surface area contributed by atoms with Crippen LogP contribution in [0.25, 0.3) is 0 Å². The van der Waals surface area contributed by atoms with Crippen LogP contribution in [0.4, 0.5) is 5.69 Å². The summed E-state index contributed by atoms with van der Waals surface area (Å²) in [5.41, 5.74) is 1.69. The van der Waals surface area contributed by atoms with Crippen LogP contribution in [0.2, 0.25) is 5.02 Å².